The standard InChI is InChI=1S/C14H22ClNO2/c1-4-7-16-9-11-8-12(15)5-6-13(11)18-10-14(2,3)17/h5-6,8,16-17H,4,7,9-10H2,1-3H3. The van der Waals surface area contributed by atoms with E-state index in [1.165, 1.54) is 0 Å². The molecule has 0 unspecified atom stereocenters. The molecule has 0 spiro atoms. The van der Waals surface area contributed by atoms with Gasteiger partial charge in [0, 0.05) is 17.1 Å². The molecule has 0 saturated heterocycles. The van der Waals surface area contributed by atoms with E-state index in [0.29, 0.717) is 5.02 Å². The highest BCUT2D eigenvalue weighted by atomic mass is 35.5. The lowest BCUT2D eigenvalue weighted by atomic mass is 10.1. The Balaban J connectivity index is 2.70. The van der Waals surface area contributed by atoms with Crippen LogP contribution in [0.2, 0.25) is 5.02 Å². The van der Waals surface area contributed by atoms with Crippen LogP contribution < -0.4 is 10.1 Å². The van der Waals surface area contributed by atoms with Crippen molar-refractivity contribution in [1.29, 1.82) is 0 Å². The van der Waals surface area contributed by atoms with Crippen molar-refractivity contribution in [3.8, 4) is 5.75 Å². The largest absolute Gasteiger partial charge is 0.490 e. The van der Waals surface area contributed by atoms with Crippen LogP contribution in [-0.4, -0.2) is 23.9 Å². The van der Waals surface area contributed by atoms with Gasteiger partial charge in [0.1, 0.15) is 12.4 Å². The minimum absolute atomic E-state index is 0.259. The summed E-state index contributed by atoms with van der Waals surface area (Å²) in [6, 6.07) is 5.53. The smallest absolute Gasteiger partial charge is 0.124 e. The molecule has 0 aliphatic carbocycles. The molecule has 1 rings (SSSR count). The lowest BCUT2D eigenvalue weighted by Crippen LogP contribution is -2.28. The number of halogens is 1. The Kier molecular flexibility index (Phi) is 5.93. The molecule has 2 N–H and O–H groups in total. The maximum atomic E-state index is 9.67. The second kappa shape index (κ2) is 6.98. The molecule has 0 saturated carbocycles. The van der Waals surface area contributed by atoms with Crippen LogP contribution in [0.25, 0.3) is 0 Å². The molecule has 0 atom stereocenters. The summed E-state index contributed by atoms with van der Waals surface area (Å²) >= 11 is 5.99. The zero-order valence-electron chi connectivity index (χ0n) is 11.3. The Morgan fingerprint density at radius 3 is 2.72 bits per heavy atom. The van der Waals surface area contributed by atoms with Crippen molar-refractivity contribution >= 4 is 11.6 Å². The third kappa shape index (κ3) is 5.71. The van der Waals surface area contributed by atoms with E-state index in [9.17, 15) is 5.11 Å². The Morgan fingerprint density at radius 2 is 2.11 bits per heavy atom. The van der Waals surface area contributed by atoms with Gasteiger partial charge in [0.15, 0.2) is 0 Å². The fourth-order valence-corrected chi connectivity index (χ4v) is 1.68. The normalized spacial score (nSPS) is 11.6. The summed E-state index contributed by atoms with van der Waals surface area (Å²) < 4.78 is 5.64. The first-order valence-electron chi connectivity index (χ1n) is 6.26. The van der Waals surface area contributed by atoms with Gasteiger partial charge in [-0.05, 0) is 45.0 Å². The maximum Gasteiger partial charge on any atom is 0.124 e. The monoisotopic (exact) mass is 271 g/mol. The fourth-order valence-electron chi connectivity index (χ4n) is 1.48. The van der Waals surface area contributed by atoms with E-state index in [2.05, 4.69) is 12.2 Å². The highest BCUT2D eigenvalue weighted by Crippen LogP contribution is 2.23. The van der Waals surface area contributed by atoms with Gasteiger partial charge >= 0.3 is 0 Å². The number of benzene rings is 1. The summed E-state index contributed by atoms with van der Waals surface area (Å²) in [7, 11) is 0. The molecule has 0 heterocycles. The van der Waals surface area contributed by atoms with E-state index >= 15 is 0 Å². The first-order valence-corrected chi connectivity index (χ1v) is 6.64. The van der Waals surface area contributed by atoms with E-state index in [1.807, 2.05) is 12.1 Å². The van der Waals surface area contributed by atoms with Crippen LogP contribution in [0.15, 0.2) is 18.2 Å². The minimum Gasteiger partial charge on any atom is -0.490 e. The number of rotatable bonds is 7. The molecule has 18 heavy (non-hydrogen) atoms. The molecule has 3 nitrogen and oxygen atoms in total. The van der Waals surface area contributed by atoms with Gasteiger partial charge in [-0.15, -0.1) is 0 Å². The third-order valence-corrected chi connectivity index (χ3v) is 2.58. The van der Waals surface area contributed by atoms with Crippen LogP contribution in [0.4, 0.5) is 0 Å². The van der Waals surface area contributed by atoms with E-state index in [-0.39, 0.29) is 6.61 Å². The lowest BCUT2D eigenvalue weighted by Gasteiger charge is -2.19. The summed E-state index contributed by atoms with van der Waals surface area (Å²) in [4.78, 5) is 0. The molecule has 0 aromatic heterocycles. The molecule has 0 radical (unpaired) electrons. The van der Waals surface area contributed by atoms with Gasteiger partial charge in [0.25, 0.3) is 0 Å². The highest BCUT2D eigenvalue weighted by molar-refractivity contribution is 6.30. The van der Waals surface area contributed by atoms with Gasteiger partial charge < -0.3 is 15.2 Å². The quantitative estimate of drug-likeness (QED) is 0.749. The zero-order chi connectivity index (χ0) is 13.6. The number of nitrogens with one attached hydrogen (secondary N) is 1. The summed E-state index contributed by atoms with van der Waals surface area (Å²) in [5.74, 6) is 0.769. The van der Waals surface area contributed by atoms with E-state index in [1.54, 1.807) is 19.9 Å². The predicted molar refractivity (Wildman–Crippen MR) is 75.2 cm³/mol. The number of hydrogen-bond acceptors (Lipinski definition) is 3. The molecular weight excluding hydrogens is 250 g/mol. The zero-order valence-corrected chi connectivity index (χ0v) is 12.0. The van der Waals surface area contributed by atoms with Gasteiger partial charge in [-0.1, -0.05) is 18.5 Å². The van der Waals surface area contributed by atoms with Crippen molar-refractivity contribution in [2.24, 2.45) is 0 Å². The molecule has 0 fully saturated rings. The second-order valence-corrected chi connectivity index (χ2v) is 5.47. The first kappa shape index (κ1) is 15.3. The van der Waals surface area contributed by atoms with Crippen molar-refractivity contribution in [2.45, 2.75) is 39.3 Å². The maximum absolute atomic E-state index is 9.67. The summed E-state index contributed by atoms with van der Waals surface area (Å²) in [5, 5.41) is 13.7. The van der Waals surface area contributed by atoms with Crippen LogP contribution >= 0.6 is 11.6 Å². The topological polar surface area (TPSA) is 41.5 Å². The summed E-state index contributed by atoms with van der Waals surface area (Å²) in [6.45, 7) is 7.50. The molecule has 0 bridgehead atoms. The molecule has 1 aromatic carbocycles. The third-order valence-electron chi connectivity index (χ3n) is 2.35. The first-order chi connectivity index (χ1) is 8.42. The average molecular weight is 272 g/mol. The Labute approximate surface area is 114 Å². The van der Waals surface area contributed by atoms with E-state index in [4.69, 9.17) is 16.3 Å². The average Bonchev–Trinajstić information content (AvgIpc) is 2.27. The van der Waals surface area contributed by atoms with Crippen molar-refractivity contribution in [3.05, 3.63) is 28.8 Å². The minimum atomic E-state index is -0.840. The van der Waals surface area contributed by atoms with Gasteiger partial charge in [0.2, 0.25) is 0 Å². The predicted octanol–water partition coefficient (Wildman–Crippen LogP) is 2.99. The van der Waals surface area contributed by atoms with Crippen LogP contribution in [-0.2, 0) is 6.54 Å². The van der Waals surface area contributed by atoms with Crippen LogP contribution in [0.5, 0.6) is 5.75 Å². The van der Waals surface area contributed by atoms with E-state index < -0.39 is 5.60 Å². The lowest BCUT2D eigenvalue weighted by molar-refractivity contribution is 0.0281. The van der Waals surface area contributed by atoms with Crippen LogP contribution in [0.1, 0.15) is 32.8 Å². The van der Waals surface area contributed by atoms with Gasteiger partial charge in [-0.2, -0.15) is 0 Å². The SMILES string of the molecule is CCCNCc1cc(Cl)ccc1OCC(C)(C)O. The van der Waals surface area contributed by atoms with Gasteiger partial charge in [0.05, 0.1) is 5.60 Å². The Morgan fingerprint density at radius 1 is 1.39 bits per heavy atom. The fraction of sp³-hybridized carbons (Fsp3) is 0.571. The van der Waals surface area contributed by atoms with Crippen molar-refractivity contribution in [3.63, 3.8) is 0 Å². The summed E-state index contributed by atoms with van der Waals surface area (Å²) in [6.07, 6.45) is 1.08. The summed E-state index contributed by atoms with van der Waals surface area (Å²) in [5.41, 5.74) is 0.175. The number of aliphatic hydroxyl groups is 1. The molecule has 1 aromatic rings. The van der Waals surface area contributed by atoms with Crippen molar-refractivity contribution in [2.75, 3.05) is 13.2 Å². The van der Waals surface area contributed by atoms with Gasteiger partial charge in [-0.25, -0.2) is 0 Å². The van der Waals surface area contributed by atoms with Crippen molar-refractivity contribution < 1.29 is 9.84 Å². The second-order valence-electron chi connectivity index (χ2n) is 5.03. The number of ether oxygens (including phenoxy) is 1. The van der Waals surface area contributed by atoms with Crippen LogP contribution in [0.3, 0.4) is 0 Å². The molecular formula is C14H22ClNO2. The van der Waals surface area contributed by atoms with E-state index in [0.717, 1.165) is 30.8 Å². The Bertz CT molecular complexity index is 375. The van der Waals surface area contributed by atoms with Crippen LogP contribution in [0, 0.1) is 0 Å². The number of hydrogen-bond donors (Lipinski definition) is 2. The molecule has 0 aliphatic heterocycles. The van der Waals surface area contributed by atoms with Crippen molar-refractivity contribution in [1.82, 2.24) is 5.32 Å². The molecule has 0 amide bonds. The Hall–Kier alpha value is -0.770. The highest BCUT2D eigenvalue weighted by Gasteiger charge is 2.14. The molecule has 0 aliphatic rings. The molecule has 102 valence electrons. The van der Waals surface area contributed by atoms with Gasteiger partial charge in [-0.3, -0.25) is 0 Å². The molecule has 4 heteroatoms.